The van der Waals surface area contributed by atoms with E-state index >= 15 is 0 Å². The first-order valence-corrected chi connectivity index (χ1v) is 12.1. The third-order valence-electron chi connectivity index (χ3n) is 7.00. The van der Waals surface area contributed by atoms with Gasteiger partial charge in [0.05, 0.1) is 5.41 Å². The van der Waals surface area contributed by atoms with Gasteiger partial charge in [0.1, 0.15) is 13.2 Å². The topological polar surface area (TPSA) is 34.6 Å². The maximum atomic E-state index is 6.37. The molecule has 0 amide bonds. The van der Waals surface area contributed by atoms with E-state index in [0.29, 0.717) is 25.0 Å². The van der Waals surface area contributed by atoms with Crippen molar-refractivity contribution < 1.29 is 9.47 Å². The third kappa shape index (κ3) is 3.75. The largest absolute Gasteiger partial charge is 0.473 e. The number of anilines is 1. The number of fused-ring (bicyclic) bond motifs is 3. The fraction of sp³-hybridized carbons (Fsp3) is 0.194. The van der Waals surface area contributed by atoms with Gasteiger partial charge in [-0.1, -0.05) is 79.7 Å². The molecular weight excluding hydrogens is 432 g/mol. The second kappa shape index (κ2) is 8.62. The minimum absolute atomic E-state index is 0.284. The van der Waals surface area contributed by atoms with E-state index < -0.39 is 0 Å². The van der Waals surface area contributed by atoms with Gasteiger partial charge >= 0.3 is 0 Å². The van der Waals surface area contributed by atoms with Crippen LogP contribution in [-0.2, 0) is 25.0 Å². The second-order valence-corrected chi connectivity index (χ2v) is 9.15. The first-order chi connectivity index (χ1) is 17.2. The van der Waals surface area contributed by atoms with Crippen molar-refractivity contribution in [2.45, 2.75) is 32.0 Å². The highest BCUT2D eigenvalue weighted by Crippen LogP contribution is 2.63. The van der Waals surface area contributed by atoms with Crippen molar-refractivity contribution in [3.8, 4) is 11.8 Å². The zero-order chi connectivity index (χ0) is 23.8. The Labute approximate surface area is 206 Å². The molecule has 0 fully saturated rings. The molecule has 1 unspecified atom stereocenters. The summed E-state index contributed by atoms with van der Waals surface area (Å²) in [7, 11) is 2.15. The number of nitrogens with zero attached hydrogens (tertiary/aromatic N) is 2. The van der Waals surface area contributed by atoms with Crippen LogP contribution in [-0.4, -0.2) is 12.0 Å². The number of pyridine rings is 1. The predicted molar refractivity (Wildman–Crippen MR) is 139 cm³/mol. The van der Waals surface area contributed by atoms with Gasteiger partial charge in [-0.2, -0.15) is 4.98 Å². The quantitative estimate of drug-likeness (QED) is 0.303. The van der Waals surface area contributed by atoms with Crippen LogP contribution in [0.3, 0.4) is 0 Å². The van der Waals surface area contributed by atoms with E-state index in [2.05, 4.69) is 73.5 Å². The Morgan fingerprint density at radius 1 is 0.743 bits per heavy atom. The summed E-state index contributed by atoms with van der Waals surface area (Å²) < 4.78 is 12.4. The zero-order valence-corrected chi connectivity index (χ0v) is 20.1. The maximum absolute atomic E-state index is 6.37. The molecule has 174 valence electrons. The van der Waals surface area contributed by atoms with Gasteiger partial charge in [-0.05, 0) is 46.9 Å². The van der Waals surface area contributed by atoms with Crippen molar-refractivity contribution in [2.24, 2.45) is 0 Å². The molecule has 0 saturated carbocycles. The molecule has 0 N–H and O–H groups in total. The summed E-state index contributed by atoms with van der Waals surface area (Å²) in [5.74, 6) is 1.18. The molecule has 0 radical (unpaired) electrons. The highest BCUT2D eigenvalue weighted by atomic mass is 16.5. The molecule has 3 aromatic carbocycles. The molecule has 1 aromatic heterocycles. The summed E-state index contributed by atoms with van der Waals surface area (Å²) in [5, 5.41) is 0. The van der Waals surface area contributed by atoms with Crippen LogP contribution in [0.2, 0.25) is 0 Å². The summed E-state index contributed by atoms with van der Waals surface area (Å²) >= 11 is 0. The number of aromatic nitrogens is 1. The van der Waals surface area contributed by atoms with Crippen LogP contribution in [0.25, 0.3) is 0 Å². The Bertz CT molecular complexity index is 1400. The normalized spacial score (nSPS) is 17.4. The van der Waals surface area contributed by atoms with Gasteiger partial charge in [0.25, 0.3) is 0 Å². The maximum Gasteiger partial charge on any atom is 0.221 e. The number of likely N-dealkylation sites (N-methyl/N-ethyl adjacent to an activating group) is 1. The highest BCUT2D eigenvalue weighted by Gasteiger charge is 2.57. The Kier molecular flexibility index (Phi) is 5.29. The van der Waals surface area contributed by atoms with Crippen LogP contribution < -0.4 is 14.4 Å². The van der Waals surface area contributed by atoms with Crippen LogP contribution in [0.5, 0.6) is 11.8 Å². The van der Waals surface area contributed by atoms with Gasteiger partial charge in [0.15, 0.2) is 0 Å². The Hall–Kier alpha value is -4.05. The van der Waals surface area contributed by atoms with Crippen molar-refractivity contribution in [3.05, 3.63) is 131 Å². The van der Waals surface area contributed by atoms with E-state index in [0.717, 1.165) is 23.1 Å². The van der Waals surface area contributed by atoms with Gasteiger partial charge in [-0.3, -0.25) is 0 Å². The van der Waals surface area contributed by atoms with Crippen molar-refractivity contribution in [2.75, 3.05) is 11.9 Å². The van der Waals surface area contributed by atoms with Crippen LogP contribution in [0.4, 0.5) is 5.69 Å². The number of aryl methyl sites for hydroxylation is 1. The summed E-state index contributed by atoms with van der Waals surface area (Å²) in [4.78, 5) is 7.16. The smallest absolute Gasteiger partial charge is 0.221 e. The average molecular weight is 461 g/mol. The third-order valence-corrected chi connectivity index (χ3v) is 7.00. The van der Waals surface area contributed by atoms with Crippen molar-refractivity contribution in [3.63, 3.8) is 0 Å². The molecule has 1 aliphatic heterocycles. The van der Waals surface area contributed by atoms with E-state index in [1.165, 1.54) is 22.5 Å². The van der Waals surface area contributed by atoms with Gasteiger partial charge in [-0.15, -0.1) is 0 Å². The molecule has 4 heteroatoms. The van der Waals surface area contributed by atoms with Gasteiger partial charge < -0.3 is 14.4 Å². The summed E-state index contributed by atoms with van der Waals surface area (Å²) in [6.45, 7) is 3.11. The number of hydrogen-bond acceptors (Lipinski definition) is 4. The van der Waals surface area contributed by atoms with E-state index in [-0.39, 0.29) is 5.41 Å². The summed E-state index contributed by atoms with van der Waals surface area (Å²) in [6, 6.07) is 31.2. The van der Waals surface area contributed by atoms with E-state index in [4.69, 9.17) is 14.5 Å². The van der Waals surface area contributed by atoms with E-state index in [1.807, 2.05) is 42.5 Å². The van der Waals surface area contributed by atoms with Crippen molar-refractivity contribution >= 4 is 5.69 Å². The first-order valence-electron chi connectivity index (χ1n) is 12.1. The lowest BCUT2D eigenvalue weighted by Crippen LogP contribution is -2.15. The molecule has 4 aromatic rings. The monoisotopic (exact) mass is 460 g/mol. The molecular formula is C31H28N2O2. The lowest BCUT2D eigenvalue weighted by Gasteiger charge is -2.20. The molecule has 2 heterocycles. The number of ether oxygens (including phenoxy) is 2. The van der Waals surface area contributed by atoms with Crippen LogP contribution in [0.1, 0.15) is 34.7 Å². The standard InChI is InChI=1S/C31H28N2O2/c1-3-22-14-15-25-27(18-22)33(2)28-19-31(25,28)26-16-17-29(34-20-23-10-6-4-7-11-23)32-30(26)35-21-24-12-8-5-9-13-24/h4-19H,3,20-21H2,1-2H3. The zero-order valence-electron chi connectivity index (χ0n) is 20.1. The van der Waals surface area contributed by atoms with Crippen LogP contribution >= 0.6 is 0 Å². The number of allylic oxidation sites excluding steroid dienone is 2. The van der Waals surface area contributed by atoms with Crippen LogP contribution in [0.15, 0.2) is 103 Å². The number of benzene rings is 3. The Morgan fingerprint density at radius 3 is 2.09 bits per heavy atom. The second-order valence-electron chi connectivity index (χ2n) is 9.15. The lowest BCUT2D eigenvalue weighted by molar-refractivity contribution is 0.264. The molecule has 1 aliphatic carbocycles. The molecule has 0 spiro atoms. The molecule has 4 nitrogen and oxygen atoms in total. The SMILES string of the molecule is CCc1ccc2c(c1)N(C)C1=CC12c1ccc(OCc2ccccc2)nc1OCc1ccccc1. The number of rotatable bonds is 8. The minimum atomic E-state index is -0.284. The molecule has 2 aliphatic rings. The molecule has 0 saturated heterocycles. The Balaban J connectivity index is 1.35. The highest BCUT2D eigenvalue weighted by molar-refractivity contribution is 5.85. The molecule has 35 heavy (non-hydrogen) atoms. The van der Waals surface area contributed by atoms with Crippen LogP contribution in [0, 0.1) is 0 Å². The van der Waals surface area contributed by atoms with Gasteiger partial charge in [0.2, 0.25) is 11.8 Å². The molecule has 6 rings (SSSR count). The van der Waals surface area contributed by atoms with Crippen molar-refractivity contribution in [1.82, 2.24) is 4.98 Å². The van der Waals surface area contributed by atoms with E-state index in [9.17, 15) is 0 Å². The fourth-order valence-corrected chi connectivity index (χ4v) is 5.02. The Morgan fingerprint density at radius 2 is 1.40 bits per heavy atom. The minimum Gasteiger partial charge on any atom is -0.473 e. The fourth-order valence-electron chi connectivity index (χ4n) is 5.02. The molecule has 1 atom stereocenters. The number of hydrogen-bond donors (Lipinski definition) is 0. The summed E-state index contributed by atoms with van der Waals surface area (Å²) in [6.07, 6.45) is 3.34. The van der Waals surface area contributed by atoms with Gasteiger partial charge in [0, 0.05) is 30.1 Å². The first kappa shape index (κ1) is 21.5. The van der Waals surface area contributed by atoms with Gasteiger partial charge in [-0.25, -0.2) is 0 Å². The lowest BCUT2D eigenvalue weighted by atomic mass is 9.86. The average Bonchev–Trinajstić information content (AvgIpc) is 3.62. The molecule has 0 bridgehead atoms. The predicted octanol–water partition coefficient (Wildman–Crippen LogP) is 6.44. The summed E-state index contributed by atoms with van der Waals surface area (Å²) in [5.41, 5.74) is 8.16. The van der Waals surface area contributed by atoms with E-state index in [1.54, 1.807) is 0 Å². The van der Waals surface area contributed by atoms with Crippen molar-refractivity contribution in [1.29, 1.82) is 0 Å².